The average Bonchev–Trinajstić information content (AvgIpc) is 3.21. The zero-order chi connectivity index (χ0) is 17.6. The summed E-state index contributed by atoms with van der Waals surface area (Å²) in [5.41, 5.74) is 2.40. The average molecular weight is 333 g/mol. The first-order chi connectivity index (χ1) is 12.2. The van der Waals surface area contributed by atoms with Crippen LogP contribution in [-0.2, 0) is 0 Å². The maximum Gasteiger partial charge on any atom is 0.185 e. The van der Waals surface area contributed by atoms with Gasteiger partial charge in [0.2, 0.25) is 0 Å². The Balaban J connectivity index is 1.83. The van der Waals surface area contributed by atoms with Gasteiger partial charge in [-0.2, -0.15) is 0 Å². The number of carbonyl (C=O) groups is 1. The van der Waals surface area contributed by atoms with E-state index in [1.165, 1.54) is 0 Å². The minimum absolute atomic E-state index is 0.0631. The Bertz CT molecular complexity index is 895. The summed E-state index contributed by atoms with van der Waals surface area (Å²) >= 11 is 0. The number of methoxy groups -OCH3 is 2. The first-order valence-electron chi connectivity index (χ1n) is 7.89. The number of ether oxygens (including phenoxy) is 2. The van der Waals surface area contributed by atoms with E-state index in [0.29, 0.717) is 17.1 Å². The highest BCUT2D eigenvalue weighted by Crippen LogP contribution is 2.25. The summed E-state index contributed by atoms with van der Waals surface area (Å²) in [6.45, 7) is 0. The molecule has 1 aromatic heterocycles. The normalized spacial score (nSPS) is 10.8. The molecule has 0 bridgehead atoms. The smallest absolute Gasteiger partial charge is 0.185 e. The summed E-state index contributed by atoms with van der Waals surface area (Å²) in [7, 11) is 3.19. The van der Waals surface area contributed by atoms with Crippen LogP contribution in [0.25, 0.3) is 11.8 Å². The first kappa shape index (κ1) is 16.6. The van der Waals surface area contributed by atoms with Crippen molar-refractivity contribution in [2.75, 3.05) is 14.2 Å². The van der Waals surface area contributed by atoms with E-state index in [9.17, 15) is 4.79 Å². The van der Waals surface area contributed by atoms with Crippen LogP contribution < -0.4 is 9.47 Å². The number of ketones is 1. The largest absolute Gasteiger partial charge is 0.497 e. The second kappa shape index (κ2) is 7.53. The minimum atomic E-state index is -0.0631. The zero-order valence-electron chi connectivity index (χ0n) is 14.2. The molecule has 0 aliphatic heterocycles. The lowest BCUT2D eigenvalue weighted by Gasteiger charge is -2.07. The molecule has 4 nitrogen and oxygen atoms in total. The van der Waals surface area contributed by atoms with Crippen LogP contribution in [0, 0.1) is 0 Å². The Kier molecular flexibility index (Phi) is 5.00. The van der Waals surface area contributed by atoms with Crippen molar-refractivity contribution in [3.8, 4) is 17.2 Å². The van der Waals surface area contributed by atoms with Crippen LogP contribution >= 0.6 is 0 Å². The van der Waals surface area contributed by atoms with Gasteiger partial charge in [0, 0.05) is 35.3 Å². The van der Waals surface area contributed by atoms with Crippen molar-refractivity contribution in [2.45, 2.75) is 0 Å². The molecule has 2 aromatic carbocycles. The van der Waals surface area contributed by atoms with E-state index >= 15 is 0 Å². The van der Waals surface area contributed by atoms with E-state index < -0.39 is 0 Å². The van der Waals surface area contributed by atoms with Gasteiger partial charge in [0.15, 0.2) is 5.78 Å². The molecular formula is C21H19NO3. The molecule has 0 spiro atoms. The monoisotopic (exact) mass is 333 g/mol. The number of aromatic nitrogens is 1. The lowest BCUT2D eigenvalue weighted by Crippen LogP contribution is -1.97. The Hall–Kier alpha value is -3.27. The molecule has 0 fully saturated rings. The molecule has 4 heteroatoms. The number of nitrogens with zero attached hydrogens (tertiary/aromatic N) is 1. The van der Waals surface area contributed by atoms with Crippen molar-refractivity contribution in [3.05, 3.63) is 84.2 Å². The van der Waals surface area contributed by atoms with Gasteiger partial charge >= 0.3 is 0 Å². The molecule has 0 amide bonds. The van der Waals surface area contributed by atoms with Gasteiger partial charge in [-0.3, -0.25) is 4.79 Å². The third-order valence-electron chi connectivity index (χ3n) is 3.89. The van der Waals surface area contributed by atoms with E-state index in [0.717, 1.165) is 11.3 Å². The highest BCUT2D eigenvalue weighted by molar-refractivity contribution is 6.07. The third-order valence-corrected chi connectivity index (χ3v) is 3.89. The molecule has 0 saturated heterocycles. The van der Waals surface area contributed by atoms with Crippen molar-refractivity contribution < 1.29 is 14.3 Å². The zero-order valence-corrected chi connectivity index (χ0v) is 14.2. The second-order valence-electron chi connectivity index (χ2n) is 5.45. The fraction of sp³-hybridized carbons (Fsp3) is 0.0952. The van der Waals surface area contributed by atoms with Crippen molar-refractivity contribution in [3.63, 3.8) is 0 Å². The molecule has 0 aliphatic rings. The number of hydrogen-bond donors (Lipinski definition) is 0. The fourth-order valence-electron chi connectivity index (χ4n) is 2.54. The highest BCUT2D eigenvalue weighted by Gasteiger charge is 2.06. The van der Waals surface area contributed by atoms with Crippen molar-refractivity contribution >= 4 is 11.9 Å². The van der Waals surface area contributed by atoms with E-state index in [-0.39, 0.29) is 5.78 Å². The molecule has 1 heterocycles. The van der Waals surface area contributed by atoms with E-state index in [4.69, 9.17) is 9.47 Å². The first-order valence-corrected chi connectivity index (χ1v) is 7.89. The van der Waals surface area contributed by atoms with Gasteiger partial charge in [-0.1, -0.05) is 12.1 Å². The predicted molar refractivity (Wildman–Crippen MR) is 98.7 cm³/mol. The number of carbonyl (C=O) groups excluding carboxylic acids is 1. The Morgan fingerprint density at radius 3 is 2.48 bits per heavy atom. The van der Waals surface area contributed by atoms with E-state index in [1.54, 1.807) is 32.4 Å². The molecule has 0 radical (unpaired) electrons. The standard InChI is InChI=1S/C21H19NO3/c1-24-19-10-8-16(21(15-19)25-2)9-11-20(23)17-6-5-7-18(14-17)22-12-3-4-13-22/h3-15H,1-2H3/b11-9+. The van der Waals surface area contributed by atoms with E-state index in [1.807, 2.05) is 65.5 Å². The van der Waals surface area contributed by atoms with Crippen LogP contribution in [0.3, 0.4) is 0 Å². The Labute approximate surface area is 146 Å². The van der Waals surface area contributed by atoms with Crippen molar-refractivity contribution in [1.82, 2.24) is 4.57 Å². The molecule has 3 rings (SSSR count). The lowest BCUT2D eigenvalue weighted by molar-refractivity contribution is 0.104. The fourth-order valence-corrected chi connectivity index (χ4v) is 2.54. The maximum atomic E-state index is 12.5. The number of benzene rings is 2. The predicted octanol–water partition coefficient (Wildman–Crippen LogP) is 4.39. The number of allylic oxidation sites excluding steroid dienone is 1. The molecule has 0 N–H and O–H groups in total. The van der Waals surface area contributed by atoms with Gasteiger partial charge in [-0.05, 0) is 48.6 Å². The summed E-state index contributed by atoms with van der Waals surface area (Å²) in [5, 5.41) is 0. The van der Waals surface area contributed by atoms with Crippen molar-refractivity contribution in [1.29, 1.82) is 0 Å². The quantitative estimate of drug-likeness (QED) is 0.496. The van der Waals surface area contributed by atoms with Crippen LogP contribution in [-0.4, -0.2) is 24.6 Å². The Morgan fingerprint density at radius 2 is 1.76 bits per heavy atom. The minimum Gasteiger partial charge on any atom is -0.497 e. The highest BCUT2D eigenvalue weighted by atomic mass is 16.5. The molecule has 0 aliphatic carbocycles. The number of rotatable bonds is 6. The van der Waals surface area contributed by atoms with Crippen LogP contribution in [0.5, 0.6) is 11.5 Å². The molecule has 126 valence electrons. The maximum absolute atomic E-state index is 12.5. The molecular weight excluding hydrogens is 314 g/mol. The summed E-state index contributed by atoms with van der Waals surface area (Å²) in [4.78, 5) is 12.5. The summed E-state index contributed by atoms with van der Waals surface area (Å²) < 4.78 is 12.5. The van der Waals surface area contributed by atoms with Gasteiger partial charge in [0.05, 0.1) is 14.2 Å². The molecule has 0 saturated carbocycles. The van der Waals surface area contributed by atoms with Gasteiger partial charge < -0.3 is 14.0 Å². The topological polar surface area (TPSA) is 40.5 Å². The Morgan fingerprint density at radius 1 is 0.960 bits per heavy atom. The molecule has 3 aromatic rings. The van der Waals surface area contributed by atoms with Crippen LogP contribution in [0.4, 0.5) is 0 Å². The second-order valence-corrected chi connectivity index (χ2v) is 5.45. The lowest BCUT2D eigenvalue weighted by atomic mass is 10.1. The third kappa shape index (κ3) is 3.80. The molecule has 25 heavy (non-hydrogen) atoms. The summed E-state index contributed by atoms with van der Waals surface area (Å²) in [6, 6.07) is 16.9. The van der Waals surface area contributed by atoms with Crippen LogP contribution in [0.15, 0.2) is 73.1 Å². The van der Waals surface area contributed by atoms with Gasteiger partial charge in [0.25, 0.3) is 0 Å². The van der Waals surface area contributed by atoms with Gasteiger partial charge in [0.1, 0.15) is 11.5 Å². The van der Waals surface area contributed by atoms with Crippen LogP contribution in [0.1, 0.15) is 15.9 Å². The number of hydrogen-bond acceptors (Lipinski definition) is 3. The molecule has 0 atom stereocenters. The SMILES string of the molecule is COc1ccc(/C=C/C(=O)c2cccc(-n3cccc3)c2)c(OC)c1. The summed E-state index contributed by atoms with van der Waals surface area (Å²) in [5.74, 6) is 1.30. The van der Waals surface area contributed by atoms with Gasteiger partial charge in [-0.25, -0.2) is 0 Å². The van der Waals surface area contributed by atoms with E-state index in [2.05, 4.69) is 0 Å². The summed E-state index contributed by atoms with van der Waals surface area (Å²) in [6.07, 6.45) is 7.20. The van der Waals surface area contributed by atoms with Gasteiger partial charge in [-0.15, -0.1) is 0 Å². The van der Waals surface area contributed by atoms with Crippen LogP contribution in [0.2, 0.25) is 0 Å². The van der Waals surface area contributed by atoms with Crippen molar-refractivity contribution in [2.24, 2.45) is 0 Å². The molecule has 0 unspecified atom stereocenters.